The fraction of sp³-hybridized carbons (Fsp3) is 0.190. The van der Waals surface area contributed by atoms with E-state index in [1.807, 2.05) is 0 Å². The number of hydrazine groups is 1. The molecule has 1 heterocycles. The van der Waals surface area contributed by atoms with Crippen molar-refractivity contribution in [3.63, 3.8) is 0 Å². The van der Waals surface area contributed by atoms with E-state index in [0.29, 0.717) is 23.1 Å². The highest BCUT2D eigenvalue weighted by Gasteiger charge is 2.45. The molecular weight excluding hydrogens is 428 g/mol. The Morgan fingerprint density at radius 1 is 1.12 bits per heavy atom. The molecule has 0 aliphatic carbocycles. The maximum absolute atomic E-state index is 15.5. The second-order valence-corrected chi connectivity index (χ2v) is 6.82. The molecule has 1 aromatic heterocycles. The molecule has 0 spiro atoms. The molecule has 1 atom stereocenters. The Balaban J connectivity index is 1.97. The van der Waals surface area contributed by atoms with E-state index in [1.54, 1.807) is 24.3 Å². The highest BCUT2D eigenvalue weighted by atomic mass is 19.3. The summed E-state index contributed by atoms with van der Waals surface area (Å²) in [6.07, 6.45) is 3.00. The fourth-order valence-electron chi connectivity index (χ4n) is 3.13. The van der Waals surface area contributed by atoms with Crippen molar-refractivity contribution in [1.29, 1.82) is 0 Å². The van der Waals surface area contributed by atoms with Crippen molar-refractivity contribution < 1.29 is 22.3 Å². The second-order valence-electron chi connectivity index (χ2n) is 6.82. The van der Waals surface area contributed by atoms with Gasteiger partial charge in [0.1, 0.15) is 29.4 Å². The number of halogens is 4. The van der Waals surface area contributed by atoms with E-state index in [-0.39, 0.29) is 0 Å². The van der Waals surface area contributed by atoms with Gasteiger partial charge in [-0.05, 0) is 35.9 Å². The molecule has 0 amide bonds. The third-order valence-corrected chi connectivity index (χ3v) is 4.76. The number of aromatic nitrogens is 2. The molecule has 4 N–H and O–H groups in total. The standard InChI is InChI=1S/C21H20F4N6O/c1-32-15-5-2-13(3-6-15)19-9-29-20(10-28-19)21(24,25)17(11-31(27)12-30-26)16-7-4-14(22)8-18(16)23/h2-10,12,17H,11,26-27H2,1H3/b30-12-. The zero-order chi connectivity index (χ0) is 23.3. The van der Waals surface area contributed by atoms with Gasteiger partial charge in [0.25, 0.3) is 5.92 Å². The Morgan fingerprint density at radius 3 is 2.41 bits per heavy atom. The minimum absolute atomic E-state index is 0.354. The average Bonchev–Trinajstić information content (AvgIpc) is 2.78. The molecule has 7 nitrogen and oxygen atoms in total. The minimum atomic E-state index is -3.72. The van der Waals surface area contributed by atoms with Crippen molar-refractivity contribution >= 4 is 6.34 Å². The van der Waals surface area contributed by atoms with Crippen molar-refractivity contribution in [2.24, 2.45) is 16.8 Å². The van der Waals surface area contributed by atoms with Gasteiger partial charge >= 0.3 is 0 Å². The van der Waals surface area contributed by atoms with E-state index < -0.39 is 41.3 Å². The zero-order valence-electron chi connectivity index (χ0n) is 16.9. The lowest BCUT2D eigenvalue weighted by atomic mass is 9.89. The van der Waals surface area contributed by atoms with Gasteiger partial charge in [0.2, 0.25) is 0 Å². The number of rotatable bonds is 8. The van der Waals surface area contributed by atoms with Gasteiger partial charge in [-0.15, -0.1) is 0 Å². The van der Waals surface area contributed by atoms with Crippen LogP contribution >= 0.6 is 0 Å². The van der Waals surface area contributed by atoms with Crippen LogP contribution in [0.3, 0.4) is 0 Å². The summed E-state index contributed by atoms with van der Waals surface area (Å²) in [5.41, 5.74) is -0.158. The summed E-state index contributed by atoms with van der Waals surface area (Å²) < 4.78 is 63.8. The fourth-order valence-corrected chi connectivity index (χ4v) is 3.13. The molecule has 0 aliphatic rings. The van der Waals surface area contributed by atoms with Crippen LogP contribution in [-0.2, 0) is 5.92 Å². The number of hydrazone groups is 1. The molecule has 1 unspecified atom stereocenters. The topological polar surface area (TPSA) is 103 Å². The van der Waals surface area contributed by atoms with Gasteiger partial charge in [-0.2, -0.15) is 13.9 Å². The van der Waals surface area contributed by atoms with Crippen LogP contribution in [0.2, 0.25) is 0 Å². The number of nitrogens with zero attached hydrogens (tertiary/aromatic N) is 4. The monoisotopic (exact) mass is 448 g/mol. The normalized spacial score (nSPS) is 12.7. The van der Waals surface area contributed by atoms with Gasteiger partial charge in [0.05, 0.1) is 31.1 Å². The molecule has 3 rings (SSSR count). The summed E-state index contributed by atoms with van der Waals surface area (Å²) in [4.78, 5) is 7.93. The maximum atomic E-state index is 15.5. The van der Waals surface area contributed by atoms with Crippen molar-refractivity contribution in [1.82, 2.24) is 15.0 Å². The highest BCUT2D eigenvalue weighted by Crippen LogP contribution is 2.42. The first kappa shape index (κ1) is 22.9. The molecule has 11 heteroatoms. The molecule has 0 fully saturated rings. The number of benzene rings is 2. The quantitative estimate of drug-likeness (QED) is 0.180. The number of nitrogens with two attached hydrogens (primary N) is 2. The van der Waals surface area contributed by atoms with Crippen LogP contribution < -0.4 is 16.4 Å². The first-order valence-corrected chi connectivity index (χ1v) is 9.30. The minimum Gasteiger partial charge on any atom is -0.497 e. The van der Waals surface area contributed by atoms with E-state index in [4.69, 9.17) is 16.4 Å². The van der Waals surface area contributed by atoms with Crippen LogP contribution in [0.1, 0.15) is 17.2 Å². The van der Waals surface area contributed by atoms with Gasteiger partial charge in [-0.25, -0.2) is 14.6 Å². The third kappa shape index (κ3) is 4.94. The Kier molecular flexibility index (Phi) is 6.89. The first-order valence-electron chi connectivity index (χ1n) is 9.30. The molecule has 0 saturated heterocycles. The van der Waals surface area contributed by atoms with Crippen LogP contribution in [0.4, 0.5) is 17.6 Å². The van der Waals surface area contributed by atoms with E-state index in [2.05, 4.69) is 15.1 Å². The SMILES string of the molecule is COc1ccc(-c2cnc(C(F)(F)C(CN(N)/C=N\N)c3ccc(F)cc3F)cn2)cc1. The molecule has 0 bridgehead atoms. The zero-order valence-corrected chi connectivity index (χ0v) is 16.9. The molecule has 32 heavy (non-hydrogen) atoms. The summed E-state index contributed by atoms with van der Waals surface area (Å²) in [5, 5.41) is 3.95. The Hall–Kier alpha value is -3.73. The molecule has 0 saturated carbocycles. The van der Waals surface area contributed by atoms with Crippen LogP contribution in [0, 0.1) is 11.6 Å². The lowest BCUT2D eigenvalue weighted by Crippen LogP contribution is -2.40. The van der Waals surface area contributed by atoms with E-state index >= 15 is 8.78 Å². The highest BCUT2D eigenvalue weighted by molar-refractivity contribution is 5.59. The second kappa shape index (κ2) is 9.60. The predicted octanol–water partition coefficient (Wildman–Crippen LogP) is 3.38. The van der Waals surface area contributed by atoms with Gasteiger partial charge in [-0.3, -0.25) is 15.0 Å². The molecule has 0 aliphatic heterocycles. The summed E-state index contributed by atoms with van der Waals surface area (Å²) in [5.74, 6) is 3.67. The van der Waals surface area contributed by atoms with Crippen LogP contribution in [-0.4, -0.2) is 35.0 Å². The van der Waals surface area contributed by atoms with E-state index in [0.717, 1.165) is 29.7 Å². The summed E-state index contributed by atoms with van der Waals surface area (Å²) in [7, 11) is 1.52. The summed E-state index contributed by atoms with van der Waals surface area (Å²) in [6.45, 7) is -0.585. The lowest BCUT2D eigenvalue weighted by molar-refractivity contribution is -0.0446. The Labute approximate surface area is 181 Å². The molecule has 168 valence electrons. The van der Waals surface area contributed by atoms with Crippen molar-refractivity contribution in [3.05, 3.63) is 77.8 Å². The number of alkyl halides is 2. The van der Waals surface area contributed by atoms with Gasteiger partial charge < -0.3 is 10.6 Å². The van der Waals surface area contributed by atoms with Gasteiger partial charge in [-0.1, -0.05) is 6.07 Å². The molecule has 0 radical (unpaired) electrons. The van der Waals surface area contributed by atoms with Crippen molar-refractivity contribution in [3.8, 4) is 17.0 Å². The van der Waals surface area contributed by atoms with E-state index in [1.165, 1.54) is 13.3 Å². The van der Waals surface area contributed by atoms with Crippen molar-refractivity contribution in [2.75, 3.05) is 13.7 Å². The van der Waals surface area contributed by atoms with Crippen LogP contribution in [0.25, 0.3) is 11.3 Å². The smallest absolute Gasteiger partial charge is 0.299 e. The number of hydrogen-bond donors (Lipinski definition) is 2. The van der Waals surface area contributed by atoms with Crippen LogP contribution in [0.5, 0.6) is 5.75 Å². The number of methoxy groups -OCH3 is 1. The lowest BCUT2D eigenvalue weighted by Gasteiger charge is -2.29. The van der Waals surface area contributed by atoms with Gasteiger partial charge in [0, 0.05) is 18.2 Å². The van der Waals surface area contributed by atoms with Gasteiger partial charge in [0.15, 0.2) is 0 Å². The number of ether oxygens (including phenoxy) is 1. The maximum Gasteiger partial charge on any atom is 0.299 e. The summed E-state index contributed by atoms with van der Waals surface area (Å²) >= 11 is 0. The Bertz CT molecular complexity index is 1080. The Morgan fingerprint density at radius 2 is 1.84 bits per heavy atom. The van der Waals surface area contributed by atoms with Crippen LogP contribution in [0.15, 0.2) is 60.0 Å². The predicted molar refractivity (Wildman–Crippen MR) is 111 cm³/mol. The third-order valence-electron chi connectivity index (χ3n) is 4.76. The van der Waals surface area contributed by atoms with E-state index in [9.17, 15) is 8.78 Å². The largest absolute Gasteiger partial charge is 0.497 e. The number of hydrogen-bond acceptors (Lipinski definition) is 6. The van der Waals surface area contributed by atoms with Crippen molar-refractivity contribution in [2.45, 2.75) is 11.8 Å². The molecule has 2 aromatic carbocycles. The average molecular weight is 448 g/mol. The molecular formula is C21H20F4N6O. The molecule has 3 aromatic rings. The summed E-state index contributed by atoms with van der Waals surface area (Å²) in [6, 6.07) is 9.15. The first-order chi connectivity index (χ1) is 15.3.